The summed E-state index contributed by atoms with van der Waals surface area (Å²) >= 11 is 3.26. The average Bonchev–Trinajstić information content (AvgIpc) is 2.27. The van der Waals surface area contributed by atoms with Gasteiger partial charge in [-0.1, -0.05) is 15.9 Å². The molecule has 0 spiro atoms. The lowest BCUT2D eigenvalue weighted by Gasteiger charge is -2.33. The number of hydrogen-bond donors (Lipinski definition) is 0. The van der Waals surface area contributed by atoms with Gasteiger partial charge in [0.2, 0.25) is 0 Å². The molecule has 2 rings (SSSR count). The zero-order chi connectivity index (χ0) is 13.2. The zero-order valence-corrected chi connectivity index (χ0v) is 12.4. The molecule has 1 aromatic carbocycles. The highest BCUT2D eigenvalue weighted by Crippen LogP contribution is 2.29. The van der Waals surface area contributed by atoms with Crippen LogP contribution in [0.25, 0.3) is 0 Å². The number of hydrogen-bond acceptors (Lipinski definition) is 4. The largest absolute Gasteiger partial charge is 0.378 e. The maximum absolute atomic E-state index is 11.9. The van der Waals surface area contributed by atoms with E-state index in [-0.39, 0.29) is 17.1 Å². The lowest BCUT2D eigenvalue weighted by Crippen LogP contribution is -2.38. The van der Waals surface area contributed by atoms with Gasteiger partial charge in [0.25, 0.3) is 10.1 Å². The molecule has 0 aliphatic heterocycles. The van der Waals surface area contributed by atoms with Gasteiger partial charge in [-0.15, -0.1) is 0 Å². The average molecular weight is 335 g/mol. The Morgan fingerprint density at radius 2 is 1.83 bits per heavy atom. The van der Waals surface area contributed by atoms with Gasteiger partial charge in [-0.3, -0.25) is 4.18 Å². The quantitative estimate of drug-likeness (QED) is 0.777. The lowest BCUT2D eigenvalue weighted by atomic mass is 9.92. The fourth-order valence-corrected chi connectivity index (χ4v) is 3.16. The van der Waals surface area contributed by atoms with Crippen molar-refractivity contribution in [3.63, 3.8) is 0 Å². The van der Waals surface area contributed by atoms with E-state index in [1.807, 2.05) is 6.92 Å². The van der Waals surface area contributed by atoms with E-state index in [1.54, 1.807) is 12.1 Å². The highest BCUT2D eigenvalue weighted by molar-refractivity contribution is 9.10. The molecule has 0 aromatic heterocycles. The Kier molecular flexibility index (Phi) is 4.42. The Morgan fingerprint density at radius 1 is 1.22 bits per heavy atom. The van der Waals surface area contributed by atoms with Crippen LogP contribution in [0.5, 0.6) is 0 Å². The van der Waals surface area contributed by atoms with E-state index in [9.17, 15) is 8.42 Å². The van der Waals surface area contributed by atoms with Gasteiger partial charge < -0.3 is 4.74 Å². The maximum Gasteiger partial charge on any atom is 0.297 e. The van der Waals surface area contributed by atoms with Gasteiger partial charge in [-0.2, -0.15) is 8.42 Å². The second kappa shape index (κ2) is 5.69. The highest BCUT2D eigenvalue weighted by atomic mass is 79.9. The van der Waals surface area contributed by atoms with Crippen LogP contribution in [0.4, 0.5) is 0 Å². The van der Waals surface area contributed by atoms with E-state index in [0.29, 0.717) is 19.4 Å². The molecule has 1 aliphatic rings. The highest BCUT2D eigenvalue weighted by Gasteiger charge is 2.34. The number of halogens is 1. The summed E-state index contributed by atoms with van der Waals surface area (Å²) in [7, 11) is -3.65. The summed E-state index contributed by atoms with van der Waals surface area (Å²) in [5, 5.41) is 0. The van der Waals surface area contributed by atoms with Crippen LogP contribution in [0.1, 0.15) is 19.8 Å². The molecule has 0 atom stereocenters. The molecule has 18 heavy (non-hydrogen) atoms. The fourth-order valence-electron chi connectivity index (χ4n) is 1.80. The molecule has 4 nitrogen and oxygen atoms in total. The van der Waals surface area contributed by atoms with E-state index in [0.717, 1.165) is 4.47 Å². The molecule has 0 saturated heterocycles. The minimum absolute atomic E-state index is 0.139. The maximum atomic E-state index is 11.9. The molecule has 1 saturated carbocycles. The molecule has 1 fully saturated rings. The van der Waals surface area contributed by atoms with Crippen LogP contribution in [-0.4, -0.2) is 27.2 Å². The van der Waals surface area contributed by atoms with Crippen molar-refractivity contribution in [1.82, 2.24) is 0 Å². The normalized spacial score (nSPS) is 23.7. The molecule has 0 radical (unpaired) electrons. The number of rotatable bonds is 5. The first-order valence-electron chi connectivity index (χ1n) is 5.81. The van der Waals surface area contributed by atoms with Gasteiger partial charge in [-0.25, -0.2) is 0 Å². The third kappa shape index (κ3) is 3.32. The Bertz CT molecular complexity index is 491. The van der Waals surface area contributed by atoms with E-state index >= 15 is 0 Å². The molecule has 0 N–H and O–H groups in total. The molecule has 0 amide bonds. The predicted octanol–water partition coefficient (Wildman–Crippen LogP) is 2.72. The smallest absolute Gasteiger partial charge is 0.297 e. The molecular formula is C12H15BrO4S. The first kappa shape index (κ1) is 14.0. The standard InChI is InChI=1S/C12H15BrO4S/c1-2-16-10-7-11(8-10)17-18(14,15)12-5-3-9(13)4-6-12/h3-6,10-11H,2,7-8H2,1H3. The zero-order valence-electron chi connectivity index (χ0n) is 10.0. The van der Waals surface area contributed by atoms with Crippen LogP contribution in [0, 0.1) is 0 Å². The number of benzene rings is 1. The third-order valence-electron chi connectivity index (χ3n) is 2.82. The van der Waals surface area contributed by atoms with E-state index in [4.69, 9.17) is 8.92 Å². The monoisotopic (exact) mass is 334 g/mol. The summed E-state index contributed by atoms with van der Waals surface area (Å²) in [5.74, 6) is 0. The van der Waals surface area contributed by atoms with Gasteiger partial charge in [0.15, 0.2) is 0 Å². The molecule has 1 aliphatic carbocycles. The van der Waals surface area contributed by atoms with Crippen molar-refractivity contribution in [2.75, 3.05) is 6.61 Å². The summed E-state index contributed by atoms with van der Waals surface area (Å²) in [6.07, 6.45) is 1.17. The third-order valence-corrected chi connectivity index (χ3v) is 4.72. The lowest BCUT2D eigenvalue weighted by molar-refractivity contribution is -0.0540. The first-order chi connectivity index (χ1) is 8.51. The Labute approximate surface area is 116 Å². The van der Waals surface area contributed by atoms with Crippen LogP contribution in [0.2, 0.25) is 0 Å². The van der Waals surface area contributed by atoms with Crippen molar-refractivity contribution >= 4 is 26.0 Å². The van der Waals surface area contributed by atoms with Gasteiger partial charge in [0.1, 0.15) is 0 Å². The van der Waals surface area contributed by atoms with Crippen molar-refractivity contribution in [2.45, 2.75) is 36.9 Å². The summed E-state index contributed by atoms with van der Waals surface area (Å²) in [6, 6.07) is 6.41. The van der Waals surface area contributed by atoms with Gasteiger partial charge >= 0.3 is 0 Å². The molecule has 6 heteroatoms. The fraction of sp³-hybridized carbons (Fsp3) is 0.500. The van der Waals surface area contributed by atoms with E-state index in [2.05, 4.69) is 15.9 Å². The SMILES string of the molecule is CCOC1CC(OS(=O)(=O)c2ccc(Br)cc2)C1. The van der Waals surface area contributed by atoms with Crippen LogP contribution in [0.3, 0.4) is 0 Å². The van der Waals surface area contributed by atoms with Crippen molar-refractivity contribution in [2.24, 2.45) is 0 Å². The van der Waals surface area contributed by atoms with Gasteiger partial charge in [0, 0.05) is 23.9 Å². The van der Waals surface area contributed by atoms with Crippen LogP contribution < -0.4 is 0 Å². The van der Waals surface area contributed by atoms with Crippen molar-refractivity contribution in [1.29, 1.82) is 0 Å². The second-order valence-corrected chi connectivity index (χ2v) is 6.66. The minimum Gasteiger partial charge on any atom is -0.378 e. The van der Waals surface area contributed by atoms with Crippen molar-refractivity contribution in [3.8, 4) is 0 Å². The van der Waals surface area contributed by atoms with E-state index < -0.39 is 10.1 Å². The number of ether oxygens (including phenoxy) is 1. The molecule has 0 heterocycles. The van der Waals surface area contributed by atoms with Crippen molar-refractivity contribution < 1.29 is 17.3 Å². The summed E-state index contributed by atoms with van der Waals surface area (Å²) < 4.78 is 35.2. The van der Waals surface area contributed by atoms with Crippen LogP contribution in [-0.2, 0) is 19.0 Å². The molecule has 0 bridgehead atoms. The van der Waals surface area contributed by atoms with Crippen LogP contribution >= 0.6 is 15.9 Å². The Balaban J connectivity index is 1.95. The Morgan fingerprint density at radius 3 is 2.39 bits per heavy atom. The second-order valence-electron chi connectivity index (χ2n) is 4.18. The van der Waals surface area contributed by atoms with Crippen molar-refractivity contribution in [3.05, 3.63) is 28.7 Å². The molecule has 1 aromatic rings. The first-order valence-corrected chi connectivity index (χ1v) is 8.02. The predicted molar refractivity (Wildman–Crippen MR) is 70.8 cm³/mol. The molecule has 0 unspecified atom stereocenters. The Hall–Kier alpha value is -0.430. The van der Waals surface area contributed by atoms with Gasteiger partial charge in [0.05, 0.1) is 17.1 Å². The summed E-state index contributed by atoms with van der Waals surface area (Å²) in [6.45, 7) is 2.57. The van der Waals surface area contributed by atoms with Crippen LogP contribution in [0.15, 0.2) is 33.6 Å². The summed E-state index contributed by atoms with van der Waals surface area (Å²) in [4.78, 5) is 0.186. The summed E-state index contributed by atoms with van der Waals surface area (Å²) in [5.41, 5.74) is 0. The molecule has 100 valence electrons. The minimum atomic E-state index is -3.65. The van der Waals surface area contributed by atoms with E-state index in [1.165, 1.54) is 12.1 Å². The molecular weight excluding hydrogens is 320 g/mol. The van der Waals surface area contributed by atoms with Gasteiger partial charge in [-0.05, 0) is 31.2 Å². The topological polar surface area (TPSA) is 52.6 Å².